The molecule has 3 nitrogen and oxygen atoms in total. The SMILES string of the molecule is COc1cc(NCc2cncc(F)c2)c(Br)cc1Br. The third-order valence-electron chi connectivity index (χ3n) is 2.49. The van der Waals surface area contributed by atoms with E-state index in [1.807, 2.05) is 12.1 Å². The van der Waals surface area contributed by atoms with E-state index in [1.165, 1.54) is 12.3 Å². The molecule has 1 heterocycles. The predicted octanol–water partition coefficient (Wildman–Crippen LogP) is 4.37. The van der Waals surface area contributed by atoms with Crippen LogP contribution in [0.4, 0.5) is 10.1 Å². The lowest BCUT2D eigenvalue weighted by Gasteiger charge is -2.11. The summed E-state index contributed by atoms with van der Waals surface area (Å²) in [6.45, 7) is 0.480. The second-order valence-electron chi connectivity index (χ2n) is 3.83. The van der Waals surface area contributed by atoms with Gasteiger partial charge in [0.2, 0.25) is 0 Å². The number of methoxy groups -OCH3 is 1. The van der Waals surface area contributed by atoms with Crippen molar-refractivity contribution in [1.29, 1.82) is 0 Å². The fourth-order valence-electron chi connectivity index (χ4n) is 1.57. The third-order valence-corrected chi connectivity index (χ3v) is 3.76. The van der Waals surface area contributed by atoms with Gasteiger partial charge < -0.3 is 10.1 Å². The maximum atomic E-state index is 13.0. The van der Waals surface area contributed by atoms with Crippen molar-refractivity contribution in [2.75, 3.05) is 12.4 Å². The number of ether oxygens (including phenoxy) is 1. The van der Waals surface area contributed by atoms with Gasteiger partial charge in [0.1, 0.15) is 11.6 Å². The molecule has 0 atom stereocenters. The summed E-state index contributed by atoms with van der Waals surface area (Å²) in [6.07, 6.45) is 2.81. The maximum Gasteiger partial charge on any atom is 0.141 e. The second kappa shape index (κ2) is 6.34. The molecule has 0 saturated heterocycles. The Balaban J connectivity index is 2.15. The minimum atomic E-state index is -0.341. The summed E-state index contributed by atoms with van der Waals surface area (Å²) in [5.41, 5.74) is 1.64. The number of hydrogen-bond donors (Lipinski definition) is 1. The summed E-state index contributed by atoms with van der Waals surface area (Å²) in [6, 6.07) is 5.20. The number of anilines is 1. The predicted molar refractivity (Wildman–Crippen MR) is 79.9 cm³/mol. The van der Waals surface area contributed by atoms with Crippen LogP contribution in [0, 0.1) is 5.82 Å². The number of nitrogens with zero attached hydrogens (tertiary/aromatic N) is 1. The van der Waals surface area contributed by atoms with Gasteiger partial charge in [0.25, 0.3) is 0 Å². The molecular weight excluding hydrogens is 379 g/mol. The lowest BCUT2D eigenvalue weighted by atomic mass is 10.2. The smallest absolute Gasteiger partial charge is 0.141 e. The molecule has 0 aliphatic carbocycles. The van der Waals surface area contributed by atoms with Gasteiger partial charge in [-0.15, -0.1) is 0 Å². The Morgan fingerprint density at radius 3 is 2.68 bits per heavy atom. The fraction of sp³-hybridized carbons (Fsp3) is 0.154. The van der Waals surface area contributed by atoms with E-state index in [4.69, 9.17) is 4.74 Å². The van der Waals surface area contributed by atoms with Crippen molar-refractivity contribution in [2.45, 2.75) is 6.54 Å². The molecule has 0 radical (unpaired) electrons. The van der Waals surface area contributed by atoms with Gasteiger partial charge in [0.15, 0.2) is 0 Å². The molecule has 0 saturated carbocycles. The summed E-state index contributed by atoms with van der Waals surface area (Å²) in [4.78, 5) is 3.81. The summed E-state index contributed by atoms with van der Waals surface area (Å²) in [7, 11) is 1.61. The van der Waals surface area contributed by atoms with E-state index in [9.17, 15) is 4.39 Å². The molecule has 2 aromatic rings. The van der Waals surface area contributed by atoms with Crippen LogP contribution >= 0.6 is 31.9 Å². The highest BCUT2D eigenvalue weighted by molar-refractivity contribution is 9.11. The molecule has 1 aromatic carbocycles. The molecule has 19 heavy (non-hydrogen) atoms. The van der Waals surface area contributed by atoms with Crippen molar-refractivity contribution in [3.8, 4) is 5.75 Å². The zero-order valence-electron chi connectivity index (χ0n) is 10.1. The molecule has 1 aromatic heterocycles. The number of halogens is 3. The Kier molecular flexibility index (Phi) is 4.76. The molecule has 0 unspecified atom stereocenters. The van der Waals surface area contributed by atoms with E-state index >= 15 is 0 Å². The molecule has 0 aliphatic rings. The van der Waals surface area contributed by atoms with E-state index in [-0.39, 0.29) is 5.82 Å². The van der Waals surface area contributed by atoms with Gasteiger partial charge in [-0.1, -0.05) is 0 Å². The van der Waals surface area contributed by atoms with Crippen LogP contribution in [0.25, 0.3) is 0 Å². The highest BCUT2D eigenvalue weighted by Crippen LogP contribution is 2.34. The minimum absolute atomic E-state index is 0.341. The minimum Gasteiger partial charge on any atom is -0.495 e. The molecule has 0 spiro atoms. The zero-order valence-corrected chi connectivity index (χ0v) is 13.3. The van der Waals surface area contributed by atoms with Crippen LogP contribution in [0.15, 0.2) is 39.5 Å². The summed E-state index contributed by atoms with van der Waals surface area (Å²) >= 11 is 6.87. The molecule has 0 aliphatic heterocycles. The van der Waals surface area contributed by atoms with E-state index in [0.717, 1.165) is 25.9 Å². The van der Waals surface area contributed by atoms with Gasteiger partial charge in [-0.3, -0.25) is 4.98 Å². The number of hydrogen-bond acceptors (Lipinski definition) is 3. The van der Waals surface area contributed by atoms with Crippen LogP contribution in [-0.2, 0) is 6.54 Å². The molecule has 100 valence electrons. The van der Waals surface area contributed by atoms with Crippen LogP contribution in [0.1, 0.15) is 5.56 Å². The van der Waals surface area contributed by atoms with Crippen LogP contribution in [0.3, 0.4) is 0 Å². The molecule has 1 N–H and O–H groups in total. The summed E-state index contributed by atoms with van der Waals surface area (Å²) in [5.74, 6) is 0.384. The number of pyridine rings is 1. The van der Waals surface area contributed by atoms with Crippen molar-refractivity contribution < 1.29 is 9.13 Å². The van der Waals surface area contributed by atoms with Crippen molar-refractivity contribution in [2.24, 2.45) is 0 Å². The first kappa shape index (κ1) is 14.3. The largest absolute Gasteiger partial charge is 0.495 e. The number of rotatable bonds is 4. The van der Waals surface area contributed by atoms with Gasteiger partial charge in [-0.2, -0.15) is 0 Å². The topological polar surface area (TPSA) is 34.1 Å². The van der Waals surface area contributed by atoms with Crippen molar-refractivity contribution in [3.05, 3.63) is 50.9 Å². The maximum absolute atomic E-state index is 13.0. The lowest BCUT2D eigenvalue weighted by molar-refractivity contribution is 0.412. The molecular formula is C13H11Br2FN2O. The number of benzene rings is 1. The molecule has 6 heteroatoms. The van der Waals surface area contributed by atoms with Gasteiger partial charge in [-0.25, -0.2) is 4.39 Å². The Hall–Kier alpha value is -1.14. The van der Waals surface area contributed by atoms with Crippen molar-refractivity contribution in [3.63, 3.8) is 0 Å². The Bertz CT molecular complexity index is 593. The van der Waals surface area contributed by atoms with Gasteiger partial charge in [0, 0.05) is 23.3 Å². The highest BCUT2D eigenvalue weighted by Gasteiger charge is 2.07. The normalized spacial score (nSPS) is 10.3. The van der Waals surface area contributed by atoms with Crippen LogP contribution in [-0.4, -0.2) is 12.1 Å². The van der Waals surface area contributed by atoms with Gasteiger partial charge in [-0.05, 0) is 49.6 Å². The Labute approximate surface area is 127 Å². The van der Waals surface area contributed by atoms with Crippen molar-refractivity contribution >= 4 is 37.5 Å². The van der Waals surface area contributed by atoms with Crippen LogP contribution in [0.2, 0.25) is 0 Å². The third kappa shape index (κ3) is 3.67. The summed E-state index contributed by atoms with van der Waals surface area (Å²) < 4.78 is 20.0. The first-order valence-electron chi connectivity index (χ1n) is 5.46. The van der Waals surface area contributed by atoms with E-state index in [1.54, 1.807) is 13.3 Å². The number of nitrogens with one attached hydrogen (secondary N) is 1. The van der Waals surface area contributed by atoms with E-state index < -0.39 is 0 Å². The fourth-order valence-corrected chi connectivity index (χ4v) is 2.87. The van der Waals surface area contributed by atoms with Crippen LogP contribution < -0.4 is 10.1 Å². The number of aromatic nitrogens is 1. The zero-order chi connectivity index (χ0) is 13.8. The standard InChI is InChI=1S/C13H11Br2FN2O/c1-19-13-4-12(10(14)3-11(13)15)18-6-8-2-9(16)7-17-5-8/h2-5,7,18H,6H2,1H3. The Morgan fingerprint density at radius 1 is 1.21 bits per heavy atom. The molecule has 0 bridgehead atoms. The lowest BCUT2D eigenvalue weighted by Crippen LogP contribution is -2.01. The van der Waals surface area contributed by atoms with Gasteiger partial charge >= 0.3 is 0 Å². The van der Waals surface area contributed by atoms with Crippen molar-refractivity contribution in [1.82, 2.24) is 4.98 Å². The molecule has 0 fully saturated rings. The van der Waals surface area contributed by atoms with Gasteiger partial charge in [0.05, 0.1) is 23.5 Å². The first-order chi connectivity index (χ1) is 9.10. The molecule has 2 rings (SSSR count). The van der Waals surface area contributed by atoms with Crippen LogP contribution in [0.5, 0.6) is 5.75 Å². The average molecular weight is 390 g/mol. The highest BCUT2D eigenvalue weighted by atomic mass is 79.9. The van der Waals surface area contributed by atoms with E-state index in [0.29, 0.717) is 6.54 Å². The molecule has 0 amide bonds. The monoisotopic (exact) mass is 388 g/mol. The average Bonchev–Trinajstić information content (AvgIpc) is 2.38. The Morgan fingerprint density at radius 2 is 2.00 bits per heavy atom. The van der Waals surface area contributed by atoms with E-state index in [2.05, 4.69) is 42.2 Å². The second-order valence-corrected chi connectivity index (χ2v) is 5.54. The summed E-state index contributed by atoms with van der Waals surface area (Å²) in [5, 5.41) is 3.20. The first-order valence-corrected chi connectivity index (χ1v) is 7.05. The quantitative estimate of drug-likeness (QED) is 0.843.